The van der Waals surface area contributed by atoms with E-state index in [4.69, 9.17) is 10.00 Å². The molecule has 2 aromatic rings. The highest BCUT2D eigenvalue weighted by molar-refractivity contribution is 7.92. The van der Waals surface area contributed by atoms with Gasteiger partial charge in [-0.2, -0.15) is 5.26 Å². The van der Waals surface area contributed by atoms with Gasteiger partial charge in [-0.25, -0.2) is 13.2 Å². The van der Waals surface area contributed by atoms with Crippen molar-refractivity contribution in [1.29, 1.82) is 5.26 Å². The van der Waals surface area contributed by atoms with Crippen molar-refractivity contribution in [3.05, 3.63) is 60.2 Å². The molecule has 0 aromatic heterocycles. The summed E-state index contributed by atoms with van der Waals surface area (Å²) in [6.07, 6.45) is -0.871. The first-order chi connectivity index (χ1) is 11.9. The third kappa shape index (κ3) is 4.17. The van der Waals surface area contributed by atoms with E-state index in [-0.39, 0.29) is 17.0 Å². The molecule has 0 unspecified atom stereocenters. The molecule has 130 valence electrons. The van der Waals surface area contributed by atoms with Gasteiger partial charge >= 0.3 is 5.97 Å². The number of hydrogen-bond acceptors (Lipinski definition) is 5. The van der Waals surface area contributed by atoms with Crippen molar-refractivity contribution >= 4 is 21.7 Å². The van der Waals surface area contributed by atoms with E-state index in [0.29, 0.717) is 5.69 Å². The standard InChI is InChI=1S/C18H18N2O4S/c1-3-20(16-7-5-4-6-8-16)25(22,23)17-11-9-15(10-12-17)18(21)24-14(2)13-19/h4-12,14H,3H2,1-2H3/t14-/m0/s1. The van der Waals surface area contributed by atoms with Gasteiger partial charge in [-0.3, -0.25) is 4.31 Å². The molecule has 0 bridgehead atoms. The van der Waals surface area contributed by atoms with Gasteiger partial charge in [0.25, 0.3) is 10.0 Å². The molecule has 25 heavy (non-hydrogen) atoms. The first-order valence-corrected chi connectivity index (χ1v) is 9.12. The van der Waals surface area contributed by atoms with Crippen LogP contribution in [0.25, 0.3) is 0 Å². The van der Waals surface area contributed by atoms with Crippen LogP contribution in [-0.4, -0.2) is 27.0 Å². The third-order valence-corrected chi connectivity index (χ3v) is 5.39. The predicted molar refractivity (Wildman–Crippen MR) is 93.6 cm³/mol. The van der Waals surface area contributed by atoms with Gasteiger partial charge in [0, 0.05) is 6.54 Å². The van der Waals surface area contributed by atoms with E-state index in [9.17, 15) is 13.2 Å². The number of para-hydroxylation sites is 1. The number of carbonyl (C=O) groups is 1. The number of carbonyl (C=O) groups excluding carboxylic acids is 1. The summed E-state index contributed by atoms with van der Waals surface area (Å²) in [5.74, 6) is -0.673. The minimum atomic E-state index is -3.75. The van der Waals surface area contributed by atoms with E-state index in [2.05, 4.69) is 0 Å². The van der Waals surface area contributed by atoms with E-state index in [1.165, 1.54) is 35.5 Å². The Morgan fingerprint density at radius 3 is 2.28 bits per heavy atom. The number of rotatable bonds is 6. The number of ether oxygens (including phenoxy) is 1. The second kappa shape index (κ2) is 7.81. The first-order valence-electron chi connectivity index (χ1n) is 7.68. The van der Waals surface area contributed by atoms with Gasteiger partial charge in [0.2, 0.25) is 0 Å². The number of esters is 1. The minimum Gasteiger partial charge on any atom is -0.444 e. The highest BCUT2D eigenvalue weighted by Crippen LogP contribution is 2.23. The van der Waals surface area contributed by atoms with E-state index >= 15 is 0 Å². The molecule has 0 saturated heterocycles. The van der Waals surface area contributed by atoms with Crippen molar-refractivity contribution in [2.75, 3.05) is 10.8 Å². The first kappa shape index (κ1) is 18.5. The molecule has 2 rings (SSSR count). The van der Waals surface area contributed by atoms with Crippen LogP contribution in [0.4, 0.5) is 5.69 Å². The van der Waals surface area contributed by atoms with Crippen LogP contribution in [0.5, 0.6) is 0 Å². The van der Waals surface area contributed by atoms with Gasteiger partial charge in [0.15, 0.2) is 6.10 Å². The van der Waals surface area contributed by atoms with Gasteiger partial charge in [0.05, 0.1) is 16.1 Å². The number of benzene rings is 2. The lowest BCUT2D eigenvalue weighted by molar-refractivity contribution is 0.0435. The van der Waals surface area contributed by atoms with Gasteiger partial charge in [-0.1, -0.05) is 18.2 Å². The van der Waals surface area contributed by atoms with Crippen molar-refractivity contribution in [1.82, 2.24) is 0 Å². The smallest absolute Gasteiger partial charge is 0.339 e. The SMILES string of the molecule is CCN(c1ccccc1)S(=O)(=O)c1ccc(C(=O)O[C@@H](C)C#N)cc1. The molecule has 0 aliphatic heterocycles. The molecular weight excluding hydrogens is 340 g/mol. The molecule has 0 N–H and O–H groups in total. The van der Waals surface area contributed by atoms with Crippen molar-refractivity contribution in [2.45, 2.75) is 24.8 Å². The fourth-order valence-corrected chi connectivity index (χ4v) is 3.70. The number of nitrogens with zero attached hydrogens (tertiary/aromatic N) is 2. The van der Waals surface area contributed by atoms with Crippen molar-refractivity contribution < 1.29 is 17.9 Å². The average molecular weight is 358 g/mol. The van der Waals surface area contributed by atoms with E-state index < -0.39 is 22.1 Å². The Hall–Kier alpha value is -2.85. The van der Waals surface area contributed by atoms with Crippen LogP contribution in [0.2, 0.25) is 0 Å². The number of hydrogen-bond donors (Lipinski definition) is 0. The van der Waals surface area contributed by atoms with E-state index in [1.807, 2.05) is 6.07 Å². The van der Waals surface area contributed by atoms with Gasteiger partial charge in [-0.15, -0.1) is 0 Å². The lowest BCUT2D eigenvalue weighted by Gasteiger charge is -2.23. The monoisotopic (exact) mass is 358 g/mol. The molecule has 0 saturated carbocycles. The second-order valence-corrected chi connectivity index (χ2v) is 7.07. The van der Waals surface area contributed by atoms with E-state index in [1.54, 1.807) is 37.3 Å². The van der Waals surface area contributed by atoms with Crippen LogP contribution < -0.4 is 4.31 Å². The summed E-state index contributed by atoms with van der Waals surface area (Å²) in [4.78, 5) is 11.9. The maximum atomic E-state index is 12.8. The Kier molecular flexibility index (Phi) is 5.78. The highest BCUT2D eigenvalue weighted by atomic mass is 32.2. The topological polar surface area (TPSA) is 87.5 Å². The van der Waals surface area contributed by atoms with Gasteiger partial charge in [-0.05, 0) is 50.2 Å². The summed E-state index contributed by atoms with van der Waals surface area (Å²) < 4.78 is 31.9. The predicted octanol–water partition coefficient (Wildman–Crippen LogP) is 2.97. The molecule has 7 heteroatoms. The number of anilines is 1. The lowest BCUT2D eigenvalue weighted by atomic mass is 10.2. The fourth-order valence-electron chi connectivity index (χ4n) is 2.23. The quantitative estimate of drug-likeness (QED) is 0.741. The molecule has 0 fully saturated rings. The molecule has 6 nitrogen and oxygen atoms in total. The Morgan fingerprint density at radius 2 is 1.76 bits per heavy atom. The molecule has 2 aromatic carbocycles. The molecule has 0 radical (unpaired) electrons. The average Bonchev–Trinajstić information content (AvgIpc) is 2.63. The zero-order chi connectivity index (χ0) is 18.4. The van der Waals surface area contributed by atoms with Crippen molar-refractivity contribution in [2.24, 2.45) is 0 Å². The molecule has 0 spiro atoms. The van der Waals surface area contributed by atoms with Gasteiger partial charge in [0.1, 0.15) is 6.07 Å². The van der Waals surface area contributed by atoms with Crippen LogP contribution in [0, 0.1) is 11.3 Å². The van der Waals surface area contributed by atoms with Gasteiger partial charge < -0.3 is 4.74 Å². The van der Waals surface area contributed by atoms with Crippen LogP contribution >= 0.6 is 0 Å². The summed E-state index contributed by atoms with van der Waals surface area (Å²) >= 11 is 0. The van der Waals surface area contributed by atoms with Crippen LogP contribution in [0.3, 0.4) is 0 Å². The summed E-state index contributed by atoms with van der Waals surface area (Å²) in [5.41, 5.74) is 0.750. The molecule has 0 aliphatic carbocycles. The summed E-state index contributed by atoms with van der Waals surface area (Å²) in [7, 11) is -3.75. The third-order valence-electron chi connectivity index (χ3n) is 3.48. The Bertz CT molecular complexity index is 872. The Morgan fingerprint density at radius 1 is 1.16 bits per heavy atom. The number of nitriles is 1. The molecule has 0 heterocycles. The fraction of sp³-hybridized carbons (Fsp3) is 0.222. The van der Waals surface area contributed by atoms with Crippen LogP contribution in [0.1, 0.15) is 24.2 Å². The molecule has 0 aliphatic rings. The Labute approximate surface area is 147 Å². The van der Waals surface area contributed by atoms with E-state index in [0.717, 1.165) is 0 Å². The maximum Gasteiger partial charge on any atom is 0.339 e. The van der Waals surface area contributed by atoms with Crippen molar-refractivity contribution in [3.63, 3.8) is 0 Å². The zero-order valence-electron chi connectivity index (χ0n) is 13.9. The molecule has 1 atom stereocenters. The van der Waals surface area contributed by atoms with Crippen LogP contribution in [0.15, 0.2) is 59.5 Å². The minimum absolute atomic E-state index is 0.0723. The molecule has 0 amide bonds. The summed E-state index contributed by atoms with van der Waals surface area (Å²) in [6, 6.07) is 16.0. The zero-order valence-corrected chi connectivity index (χ0v) is 14.7. The maximum absolute atomic E-state index is 12.8. The summed E-state index contributed by atoms with van der Waals surface area (Å²) in [6.45, 7) is 3.48. The van der Waals surface area contributed by atoms with Crippen molar-refractivity contribution in [3.8, 4) is 6.07 Å². The normalized spacial score (nSPS) is 12.0. The summed E-state index contributed by atoms with van der Waals surface area (Å²) in [5, 5.41) is 8.67. The largest absolute Gasteiger partial charge is 0.444 e. The molecular formula is C18H18N2O4S. The number of sulfonamides is 1. The van der Waals surface area contributed by atoms with Crippen LogP contribution in [-0.2, 0) is 14.8 Å². The lowest BCUT2D eigenvalue weighted by Crippen LogP contribution is -2.30. The second-order valence-electron chi connectivity index (χ2n) is 5.21. The Balaban J connectivity index is 2.28. The highest BCUT2D eigenvalue weighted by Gasteiger charge is 2.24.